The summed E-state index contributed by atoms with van der Waals surface area (Å²) in [6.45, 7) is 5.98. The van der Waals surface area contributed by atoms with Crippen molar-refractivity contribution in [3.8, 4) is 0 Å². The maximum Gasteiger partial charge on any atom is 0.234 e. The average Bonchev–Trinajstić information content (AvgIpc) is 3.72. The van der Waals surface area contributed by atoms with Crippen LogP contribution in [-0.2, 0) is 11.2 Å². The van der Waals surface area contributed by atoms with Crippen molar-refractivity contribution in [3.63, 3.8) is 0 Å². The number of aliphatic imine (C=N–C) groups is 1. The van der Waals surface area contributed by atoms with Crippen molar-refractivity contribution < 1.29 is 4.79 Å². The normalized spacial score (nSPS) is 17.2. The average molecular weight is 560 g/mol. The van der Waals surface area contributed by atoms with Gasteiger partial charge < -0.3 is 15.1 Å². The number of rotatable bonds is 8. The van der Waals surface area contributed by atoms with Crippen LogP contribution < -0.4 is 15.1 Å². The number of amidine groups is 1. The molecule has 3 aliphatic rings. The lowest BCUT2D eigenvalue weighted by atomic mass is 10.1. The van der Waals surface area contributed by atoms with Crippen LogP contribution in [0.4, 0.5) is 17.6 Å². The van der Waals surface area contributed by atoms with Crippen LogP contribution >= 0.6 is 23.4 Å². The fourth-order valence-electron chi connectivity index (χ4n) is 4.68. The van der Waals surface area contributed by atoms with Crippen LogP contribution in [0.1, 0.15) is 25.3 Å². The van der Waals surface area contributed by atoms with Gasteiger partial charge >= 0.3 is 0 Å². The molecular formula is C29H30ClN7OS. The number of hydrogen-bond acceptors (Lipinski definition) is 9. The van der Waals surface area contributed by atoms with Gasteiger partial charge in [0.1, 0.15) is 11.6 Å². The molecule has 10 heteroatoms. The number of nitrogens with one attached hydrogen (secondary N) is 1. The van der Waals surface area contributed by atoms with Gasteiger partial charge in [-0.15, -0.1) is 0 Å². The van der Waals surface area contributed by atoms with Crippen molar-refractivity contribution >= 4 is 52.6 Å². The summed E-state index contributed by atoms with van der Waals surface area (Å²) in [6, 6.07) is 16.1. The van der Waals surface area contributed by atoms with Crippen molar-refractivity contribution in [2.45, 2.75) is 36.2 Å². The lowest BCUT2D eigenvalue weighted by Gasteiger charge is -2.36. The van der Waals surface area contributed by atoms with E-state index in [0.29, 0.717) is 35.8 Å². The topological polar surface area (TPSA) is 86.6 Å². The van der Waals surface area contributed by atoms with Gasteiger partial charge in [0.15, 0.2) is 5.16 Å². The van der Waals surface area contributed by atoms with E-state index >= 15 is 0 Å². The van der Waals surface area contributed by atoms with Gasteiger partial charge in [-0.25, -0.2) is 0 Å². The Hall–Kier alpha value is -3.43. The SMILES string of the molecule is CC1=CC(Nc2nc(Sc3ccc(CC(=O)C4CC4)cc3)nc(N3CCN(c4cccc(Cl)c4)CC3)n2)=NC1. The zero-order valence-electron chi connectivity index (χ0n) is 21.8. The Balaban J connectivity index is 1.19. The number of ketones is 1. The third-order valence-corrected chi connectivity index (χ3v) is 8.11. The van der Waals surface area contributed by atoms with Gasteiger partial charge in [0.05, 0.1) is 6.54 Å². The Bertz CT molecular complexity index is 1430. The number of benzene rings is 2. The van der Waals surface area contributed by atoms with Crippen molar-refractivity contribution in [1.29, 1.82) is 0 Å². The molecule has 1 N–H and O–H groups in total. The first kappa shape index (κ1) is 25.8. The molecule has 2 aliphatic heterocycles. The molecule has 6 rings (SSSR count). The van der Waals surface area contributed by atoms with E-state index < -0.39 is 0 Å². The highest BCUT2D eigenvalue weighted by atomic mass is 35.5. The van der Waals surface area contributed by atoms with Crippen LogP contribution in [0.5, 0.6) is 0 Å². The van der Waals surface area contributed by atoms with Crippen molar-refractivity contribution in [2.75, 3.05) is 47.8 Å². The number of anilines is 3. The minimum Gasteiger partial charge on any atom is -0.368 e. The quantitative estimate of drug-likeness (QED) is 0.398. The summed E-state index contributed by atoms with van der Waals surface area (Å²) in [5, 5.41) is 4.63. The minimum atomic E-state index is 0.282. The van der Waals surface area contributed by atoms with Gasteiger partial charge in [0.2, 0.25) is 11.9 Å². The van der Waals surface area contributed by atoms with Gasteiger partial charge in [-0.05, 0) is 79.1 Å². The Labute approximate surface area is 237 Å². The first-order chi connectivity index (χ1) is 19.0. The highest BCUT2D eigenvalue weighted by Gasteiger charge is 2.29. The lowest BCUT2D eigenvalue weighted by Crippen LogP contribution is -2.47. The molecule has 1 saturated carbocycles. The summed E-state index contributed by atoms with van der Waals surface area (Å²) in [7, 11) is 0. The lowest BCUT2D eigenvalue weighted by molar-refractivity contribution is -0.119. The number of piperazine rings is 1. The molecule has 0 radical (unpaired) electrons. The van der Waals surface area contributed by atoms with E-state index in [9.17, 15) is 4.79 Å². The smallest absolute Gasteiger partial charge is 0.234 e. The van der Waals surface area contributed by atoms with Crippen LogP contribution in [0.3, 0.4) is 0 Å². The summed E-state index contributed by atoms with van der Waals surface area (Å²) in [4.78, 5) is 36.5. The summed E-state index contributed by atoms with van der Waals surface area (Å²) in [5.74, 6) is 2.52. The molecule has 1 saturated heterocycles. The summed E-state index contributed by atoms with van der Waals surface area (Å²) in [5.41, 5.74) is 3.37. The van der Waals surface area contributed by atoms with Gasteiger partial charge in [0, 0.05) is 54.1 Å². The number of halogens is 1. The van der Waals surface area contributed by atoms with Crippen LogP contribution in [0.25, 0.3) is 0 Å². The van der Waals surface area contributed by atoms with E-state index in [0.717, 1.165) is 66.0 Å². The van der Waals surface area contributed by atoms with E-state index in [1.807, 2.05) is 48.5 Å². The maximum atomic E-state index is 12.2. The number of carbonyl (C=O) groups excluding carboxylic acids is 1. The highest BCUT2D eigenvalue weighted by Crippen LogP contribution is 2.32. The van der Waals surface area contributed by atoms with E-state index in [-0.39, 0.29) is 5.92 Å². The molecule has 0 amide bonds. The number of aromatic nitrogens is 3. The second-order valence-electron chi connectivity index (χ2n) is 10.2. The molecule has 0 spiro atoms. The Morgan fingerprint density at radius 2 is 1.79 bits per heavy atom. The van der Waals surface area contributed by atoms with Gasteiger partial charge in [-0.1, -0.05) is 29.8 Å². The summed E-state index contributed by atoms with van der Waals surface area (Å²) in [6.07, 6.45) is 4.61. The van der Waals surface area contributed by atoms with Crippen LogP contribution in [0, 0.1) is 5.92 Å². The number of hydrogen-bond donors (Lipinski definition) is 1. The third-order valence-electron chi connectivity index (χ3n) is 7.00. The standard InChI is InChI=1S/C29H30ClN7OS/c1-19-15-26(31-18-19)32-27-33-28(37-13-11-36(12-14-37)23-4-2-3-22(30)17-23)35-29(34-27)39-24-9-5-20(6-10-24)16-25(38)21-7-8-21/h2-6,9-10,15,17,21H,7-8,11-14,16,18H2,1H3,(H,31,32,33,34,35). The molecule has 200 valence electrons. The van der Waals surface area contributed by atoms with Crippen LogP contribution in [-0.4, -0.2) is 59.3 Å². The van der Waals surface area contributed by atoms with Crippen molar-refractivity contribution in [2.24, 2.45) is 10.9 Å². The monoisotopic (exact) mass is 559 g/mol. The molecule has 2 fully saturated rings. The molecule has 3 heterocycles. The molecule has 1 aliphatic carbocycles. The maximum absolute atomic E-state index is 12.2. The van der Waals surface area contributed by atoms with Crippen LogP contribution in [0.15, 0.2) is 75.2 Å². The second kappa shape index (κ2) is 11.4. The molecule has 39 heavy (non-hydrogen) atoms. The van der Waals surface area contributed by atoms with E-state index in [2.05, 4.69) is 33.1 Å². The number of carbonyl (C=O) groups is 1. The highest BCUT2D eigenvalue weighted by molar-refractivity contribution is 7.99. The van der Waals surface area contributed by atoms with E-state index in [1.54, 1.807) is 0 Å². The van der Waals surface area contributed by atoms with Gasteiger partial charge in [-0.3, -0.25) is 9.79 Å². The van der Waals surface area contributed by atoms with Crippen molar-refractivity contribution in [3.05, 3.63) is 70.8 Å². The largest absolute Gasteiger partial charge is 0.368 e. The molecule has 2 aromatic carbocycles. The molecule has 8 nitrogen and oxygen atoms in total. The second-order valence-corrected chi connectivity index (χ2v) is 11.7. The summed E-state index contributed by atoms with van der Waals surface area (Å²) >= 11 is 7.70. The zero-order valence-corrected chi connectivity index (χ0v) is 23.4. The molecule has 0 atom stereocenters. The van der Waals surface area contributed by atoms with Gasteiger partial charge in [0.25, 0.3) is 0 Å². The minimum absolute atomic E-state index is 0.282. The fourth-order valence-corrected chi connectivity index (χ4v) is 5.61. The molecular weight excluding hydrogens is 530 g/mol. The molecule has 0 bridgehead atoms. The zero-order chi connectivity index (χ0) is 26.8. The predicted octanol–water partition coefficient (Wildman–Crippen LogP) is 5.29. The van der Waals surface area contributed by atoms with E-state index in [1.165, 1.54) is 17.3 Å². The molecule has 1 aromatic heterocycles. The number of Topliss-reactive ketones (excluding diaryl/α,β-unsaturated/α-hetero) is 1. The first-order valence-corrected chi connectivity index (χ1v) is 14.5. The Morgan fingerprint density at radius 1 is 1.03 bits per heavy atom. The van der Waals surface area contributed by atoms with Crippen LogP contribution in [0.2, 0.25) is 5.02 Å². The fraction of sp³-hybridized carbons (Fsp3) is 0.345. The number of nitrogens with zero attached hydrogens (tertiary/aromatic N) is 6. The first-order valence-electron chi connectivity index (χ1n) is 13.3. The van der Waals surface area contributed by atoms with Gasteiger partial charge in [-0.2, -0.15) is 15.0 Å². The Morgan fingerprint density at radius 3 is 2.49 bits per heavy atom. The predicted molar refractivity (Wildman–Crippen MR) is 157 cm³/mol. The van der Waals surface area contributed by atoms with Crippen molar-refractivity contribution in [1.82, 2.24) is 15.0 Å². The third kappa shape index (κ3) is 6.59. The summed E-state index contributed by atoms with van der Waals surface area (Å²) < 4.78 is 0. The van der Waals surface area contributed by atoms with E-state index in [4.69, 9.17) is 26.6 Å². The Kier molecular flexibility index (Phi) is 7.52. The molecule has 3 aromatic rings. The molecule has 0 unspecified atom stereocenters.